The zero-order valence-corrected chi connectivity index (χ0v) is 12.9. The molecule has 1 amide bonds. The highest BCUT2D eigenvalue weighted by Gasteiger charge is 2.34. The molecule has 2 N–H and O–H groups in total. The summed E-state index contributed by atoms with van der Waals surface area (Å²) < 4.78 is 0. The summed E-state index contributed by atoms with van der Waals surface area (Å²) in [5.74, 6) is 0.784. The molecular formula is C18H26N2O. The van der Waals surface area contributed by atoms with E-state index in [1.54, 1.807) is 0 Å². The average Bonchev–Trinajstić information content (AvgIpc) is 2.84. The molecule has 1 aromatic rings. The van der Waals surface area contributed by atoms with Gasteiger partial charge in [-0.15, -0.1) is 0 Å². The van der Waals surface area contributed by atoms with Crippen molar-refractivity contribution in [2.45, 2.75) is 64.1 Å². The molecule has 0 aliphatic carbocycles. The molecule has 2 bridgehead atoms. The van der Waals surface area contributed by atoms with E-state index >= 15 is 0 Å². The SMILES string of the molecule is CCc1ccc(CNC(=O)CC2CC3CCC(C2)N3)cc1. The smallest absolute Gasteiger partial charge is 0.220 e. The van der Waals surface area contributed by atoms with Gasteiger partial charge in [-0.25, -0.2) is 0 Å². The summed E-state index contributed by atoms with van der Waals surface area (Å²) in [4.78, 5) is 12.1. The van der Waals surface area contributed by atoms with Crippen LogP contribution in [0.5, 0.6) is 0 Å². The van der Waals surface area contributed by atoms with Crippen LogP contribution in [0.15, 0.2) is 24.3 Å². The molecule has 2 unspecified atom stereocenters. The Balaban J connectivity index is 1.43. The summed E-state index contributed by atoms with van der Waals surface area (Å²) in [6, 6.07) is 9.86. The number of hydrogen-bond acceptors (Lipinski definition) is 2. The van der Waals surface area contributed by atoms with Crippen molar-refractivity contribution in [2.75, 3.05) is 0 Å². The molecule has 1 aromatic carbocycles. The van der Waals surface area contributed by atoms with Crippen LogP contribution in [0, 0.1) is 5.92 Å². The van der Waals surface area contributed by atoms with Crippen LogP contribution in [0.4, 0.5) is 0 Å². The van der Waals surface area contributed by atoms with E-state index in [0.717, 1.165) is 6.42 Å². The molecule has 0 spiro atoms. The molecule has 2 aliphatic rings. The lowest BCUT2D eigenvalue weighted by Crippen LogP contribution is -2.39. The van der Waals surface area contributed by atoms with Gasteiger partial charge in [0.25, 0.3) is 0 Å². The molecule has 21 heavy (non-hydrogen) atoms. The van der Waals surface area contributed by atoms with Gasteiger partial charge in [-0.3, -0.25) is 4.79 Å². The van der Waals surface area contributed by atoms with E-state index in [1.165, 1.54) is 36.8 Å². The molecule has 2 aliphatic heterocycles. The lowest BCUT2D eigenvalue weighted by molar-refractivity contribution is -0.122. The number of carbonyl (C=O) groups excluding carboxylic acids is 1. The van der Waals surface area contributed by atoms with Crippen LogP contribution in [0.3, 0.4) is 0 Å². The fourth-order valence-electron chi connectivity index (χ4n) is 3.77. The highest BCUT2D eigenvalue weighted by molar-refractivity contribution is 5.76. The Morgan fingerprint density at radius 3 is 2.38 bits per heavy atom. The Kier molecular flexibility index (Phi) is 4.59. The normalized spacial score (nSPS) is 27.6. The van der Waals surface area contributed by atoms with Gasteiger partial charge in [-0.2, -0.15) is 0 Å². The number of fused-ring (bicyclic) bond motifs is 2. The highest BCUT2D eigenvalue weighted by Crippen LogP contribution is 2.32. The summed E-state index contributed by atoms with van der Waals surface area (Å²) in [7, 11) is 0. The van der Waals surface area contributed by atoms with Gasteiger partial charge < -0.3 is 10.6 Å². The second kappa shape index (κ2) is 6.61. The number of amides is 1. The molecule has 2 saturated heterocycles. The number of nitrogens with one attached hydrogen (secondary N) is 2. The molecule has 3 rings (SSSR count). The Hall–Kier alpha value is -1.35. The fourth-order valence-corrected chi connectivity index (χ4v) is 3.77. The van der Waals surface area contributed by atoms with Crippen molar-refractivity contribution >= 4 is 5.91 Å². The van der Waals surface area contributed by atoms with Crippen LogP contribution in [0.2, 0.25) is 0 Å². The maximum absolute atomic E-state index is 12.1. The summed E-state index contributed by atoms with van der Waals surface area (Å²) in [5, 5.41) is 6.70. The summed E-state index contributed by atoms with van der Waals surface area (Å²) >= 11 is 0. The lowest BCUT2D eigenvalue weighted by Gasteiger charge is -2.28. The maximum atomic E-state index is 12.1. The maximum Gasteiger partial charge on any atom is 0.220 e. The zero-order chi connectivity index (χ0) is 14.7. The number of hydrogen-bond donors (Lipinski definition) is 2. The number of aryl methyl sites for hydroxylation is 1. The van der Waals surface area contributed by atoms with E-state index in [4.69, 9.17) is 0 Å². The van der Waals surface area contributed by atoms with Gasteiger partial charge in [0.2, 0.25) is 5.91 Å². The first-order valence-electron chi connectivity index (χ1n) is 8.33. The first-order chi connectivity index (χ1) is 10.2. The van der Waals surface area contributed by atoms with E-state index in [9.17, 15) is 4.79 Å². The molecule has 2 heterocycles. The Bertz CT molecular complexity index is 470. The van der Waals surface area contributed by atoms with Gasteiger partial charge in [0.05, 0.1) is 0 Å². The minimum atomic E-state index is 0.209. The molecule has 3 nitrogen and oxygen atoms in total. The Morgan fingerprint density at radius 1 is 1.14 bits per heavy atom. The summed E-state index contributed by atoms with van der Waals surface area (Å²) in [6.07, 6.45) is 6.70. The monoisotopic (exact) mass is 286 g/mol. The third kappa shape index (κ3) is 3.85. The molecule has 114 valence electrons. The molecule has 0 aromatic heterocycles. The number of carbonyl (C=O) groups is 1. The van der Waals surface area contributed by atoms with Crippen LogP contribution in [-0.2, 0) is 17.8 Å². The lowest BCUT2D eigenvalue weighted by atomic mass is 9.89. The van der Waals surface area contributed by atoms with Gasteiger partial charge in [0.15, 0.2) is 0 Å². The molecule has 2 atom stereocenters. The Labute approximate surface area is 127 Å². The second-order valence-corrected chi connectivity index (χ2v) is 6.63. The van der Waals surface area contributed by atoms with Crippen LogP contribution in [0.25, 0.3) is 0 Å². The first-order valence-corrected chi connectivity index (χ1v) is 8.33. The van der Waals surface area contributed by atoms with Crippen molar-refractivity contribution in [1.29, 1.82) is 0 Å². The van der Waals surface area contributed by atoms with Crippen molar-refractivity contribution in [3.8, 4) is 0 Å². The van der Waals surface area contributed by atoms with Crippen molar-refractivity contribution < 1.29 is 4.79 Å². The van der Waals surface area contributed by atoms with E-state index < -0.39 is 0 Å². The molecular weight excluding hydrogens is 260 g/mol. The topological polar surface area (TPSA) is 41.1 Å². The van der Waals surface area contributed by atoms with Crippen LogP contribution < -0.4 is 10.6 Å². The van der Waals surface area contributed by atoms with Crippen LogP contribution in [0.1, 0.15) is 50.2 Å². The van der Waals surface area contributed by atoms with Gasteiger partial charge in [-0.05, 0) is 49.1 Å². The second-order valence-electron chi connectivity index (χ2n) is 6.63. The predicted molar refractivity (Wildman–Crippen MR) is 85.0 cm³/mol. The van der Waals surface area contributed by atoms with E-state index in [0.29, 0.717) is 31.0 Å². The fraction of sp³-hybridized carbons (Fsp3) is 0.611. The van der Waals surface area contributed by atoms with Crippen LogP contribution in [-0.4, -0.2) is 18.0 Å². The minimum absolute atomic E-state index is 0.209. The highest BCUT2D eigenvalue weighted by atomic mass is 16.1. The quantitative estimate of drug-likeness (QED) is 0.874. The summed E-state index contributed by atoms with van der Waals surface area (Å²) in [5.41, 5.74) is 2.53. The summed E-state index contributed by atoms with van der Waals surface area (Å²) in [6.45, 7) is 2.81. The predicted octanol–water partition coefficient (Wildman–Crippen LogP) is 2.79. The standard InChI is InChI=1S/C18H26N2O/c1-2-13-3-5-14(6-4-13)12-19-18(21)11-15-9-16-7-8-17(10-15)20-16/h3-6,15-17,20H,2,7-12H2,1H3,(H,19,21). The number of rotatable bonds is 5. The minimum Gasteiger partial charge on any atom is -0.352 e. The van der Waals surface area contributed by atoms with Crippen LogP contribution >= 0.6 is 0 Å². The van der Waals surface area contributed by atoms with Crippen molar-refractivity contribution in [2.24, 2.45) is 5.92 Å². The zero-order valence-electron chi connectivity index (χ0n) is 12.9. The Morgan fingerprint density at radius 2 is 1.76 bits per heavy atom. The number of benzene rings is 1. The van der Waals surface area contributed by atoms with E-state index in [1.807, 2.05) is 0 Å². The largest absolute Gasteiger partial charge is 0.352 e. The third-order valence-corrected chi connectivity index (χ3v) is 4.97. The van der Waals surface area contributed by atoms with Crippen molar-refractivity contribution in [3.05, 3.63) is 35.4 Å². The molecule has 2 fully saturated rings. The number of piperidine rings is 1. The average molecular weight is 286 g/mol. The van der Waals surface area contributed by atoms with E-state index in [-0.39, 0.29) is 5.91 Å². The van der Waals surface area contributed by atoms with Gasteiger partial charge >= 0.3 is 0 Å². The van der Waals surface area contributed by atoms with Gasteiger partial charge in [0, 0.05) is 25.0 Å². The van der Waals surface area contributed by atoms with Gasteiger partial charge in [0.1, 0.15) is 0 Å². The third-order valence-electron chi connectivity index (χ3n) is 4.97. The van der Waals surface area contributed by atoms with Crippen molar-refractivity contribution in [3.63, 3.8) is 0 Å². The van der Waals surface area contributed by atoms with Crippen molar-refractivity contribution in [1.82, 2.24) is 10.6 Å². The van der Waals surface area contributed by atoms with Gasteiger partial charge in [-0.1, -0.05) is 31.2 Å². The molecule has 3 heteroatoms. The molecule has 0 saturated carbocycles. The first kappa shape index (κ1) is 14.6. The van der Waals surface area contributed by atoms with E-state index in [2.05, 4.69) is 41.8 Å². The molecule has 0 radical (unpaired) electrons.